The van der Waals surface area contributed by atoms with Gasteiger partial charge in [0.15, 0.2) is 0 Å². The van der Waals surface area contributed by atoms with Gasteiger partial charge in [-0.05, 0) is 12.3 Å². The average molecular weight is 304 g/mol. The highest BCUT2D eigenvalue weighted by Gasteiger charge is 2.41. The molecule has 0 aromatic heterocycles. The SMILES string of the molecule is CC(CC(=O)O)CC(=O)N1CCN2C(CCS2(=O)=O)C1. The molecule has 2 aliphatic heterocycles. The first-order valence-electron chi connectivity index (χ1n) is 6.78. The van der Waals surface area contributed by atoms with Crippen molar-refractivity contribution in [2.75, 3.05) is 25.4 Å². The first-order chi connectivity index (χ1) is 9.29. The van der Waals surface area contributed by atoms with Gasteiger partial charge in [-0.2, -0.15) is 4.31 Å². The van der Waals surface area contributed by atoms with E-state index in [9.17, 15) is 18.0 Å². The lowest BCUT2D eigenvalue weighted by molar-refractivity contribution is -0.139. The fraction of sp³-hybridized carbons (Fsp3) is 0.833. The van der Waals surface area contributed by atoms with Gasteiger partial charge >= 0.3 is 5.97 Å². The summed E-state index contributed by atoms with van der Waals surface area (Å²) < 4.78 is 25.0. The Morgan fingerprint density at radius 2 is 2.00 bits per heavy atom. The van der Waals surface area contributed by atoms with Crippen LogP contribution in [0.1, 0.15) is 26.2 Å². The van der Waals surface area contributed by atoms with Crippen molar-refractivity contribution in [2.24, 2.45) is 5.92 Å². The third-order valence-corrected chi connectivity index (χ3v) is 5.84. The smallest absolute Gasteiger partial charge is 0.303 e. The summed E-state index contributed by atoms with van der Waals surface area (Å²) in [5.41, 5.74) is 0. The number of fused-ring (bicyclic) bond motifs is 1. The van der Waals surface area contributed by atoms with Crippen LogP contribution in [0.3, 0.4) is 0 Å². The zero-order valence-electron chi connectivity index (χ0n) is 11.5. The molecule has 2 saturated heterocycles. The van der Waals surface area contributed by atoms with Gasteiger partial charge in [0.2, 0.25) is 15.9 Å². The van der Waals surface area contributed by atoms with E-state index < -0.39 is 16.0 Å². The van der Waals surface area contributed by atoms with Crippen LogP contribution in [0.5, 0.6) is 0 Å². The summed E-state index contributed by atoms with van der Waals surface area (Å²) in [4.78, 5) is 24.4. The number of amides is 1. The molecule has 2 aliphatic rings. The molecular weight excluding hydrogens is 284 g/mol. The third-order valence-electron chi connectivity index (χ3n) is 3.89. The number of carbonyl (C=O) groups excluding carboxylic acids is 1. The van der Waals surface area contributed by atoms with Gasteiger partial charge < -0.3 is 10.0 Å². The van der Waals surface area contributed by atoms with Gasteiger partial charge in [-0.15, -0.1) is 0 Å². The van der Waals surface area contributed by atoms with Gasteiger partial charge in [0.05, 0.1) is 5.75 Å². The average Bonchev–Trinajstić information content (AvgIpc) is 2.64. The number of carbonyl (C=O) groups is 2. The number of hydrogen-bond donors (Lipinski definition) is 1. The van der Waals surface area contributed by atoms with E-state index in [0.717, 1.165) is 0 Å². The highest BCUT2D eigenvalue weighted by atomic mass is 32.2. The number of hydrogen-bond acceptors (Lipinski definition) is 4. The second kappa shape index (κ2) is 5.69. The van der Waals surface area contributed by atoms with Crippen LogP contribution in [-0.4, -0.2) is 66.0 Å². The van der Waals surface area contributed by atoms with E-state index in [4.69, 9.17) is 5.11 Å². The predicted molar refractivity (Wildman–Crippen MR) is 71.5 cm³/mol. The van der Waals surface area contributed by atoms with Crippen LogP contribution in [0.15, 0.2) is 0 Å². The molecule has 2 heterocycles. The van der Waals surface area contributed by atoms with Gasteiger partial charge in [0.25, 0.3) is 0 Å². The van der Waals surface area contributed by atoms with Crippen molar-refractivity contribution in [3.63, 3.8) is 0 Å². The van der Waals surface area contributed by atoms with Gasteiger partial charge in [0, 0.05) is 38.5 Å². The molecule has 114 valence electrons. The van der Waals surface area contributed by atoms with Gasteiger partial charge in [-0.25, -0.2) is 8.42 Å². The van der Waals surface area contributed by atoms with Crippen LogP contribution in [0.25, 0.3) is 0 Å². The van der Waals surface area contributed by atoms with E-state index in [1.165, 1.54) is 4.31 Å². The molecule has 2 fully saturated rings. The quantitative estimate of drug-likeness (QED) is 0.771. The molecular formula is C12H20N2O5S. The molecule has 2 rings (SSSR count). The second-order valence-corrected chi connectivity index (χ2v) is 7.66. The predicted octanol–water partition coefficient (Wildman–Crippen LogP) is -0.266. The topological polar surface area (TPSA) is 95.0 Å². The minimum atomic E-state index is -3.12. The Balaban J connectivity index is 1.89. The molecule has 1 amide bonds. The number of sulfonamides is 1. The number of nitrogens with zero attached hydrogens (tertiary/aromatic N) is 2. The Bertz CT molecular complexity index is 504. The van der Waals surface area contributed by atoms with E-state index in [0.29, 0.717) is 26.1 Å². The van der Waals surface area contributed by atoms with Crippen molar-refractivity contribution in [1.82, 2.24) is 9.21 Å². The normalized spacial score (nSPS) is 27.1. The maximum absolute atomic E-state index is 12.1. The van der Waals surface area contributed by atoms with Crippen molar-refractivity contribution >= 4 is 21.9 Å². The Kier molecular flexibility index (Phi) is 4.33. The van der Waals surface area contributed by atoms with Crippen molar-refractivity contribution in [2.45, 2.75) is 32.2 Å². The summed E-state index contributed by atoms with van der Waals surface area (Å²) in [6.07, 6.45) is 0.742. The molecule has 0 spiro atoms. The first kappa shape index (κ1) is 15.2. The standard InChI is InChI=1S/C12H20N2O5S/c1-9(7-12(16)17)6-11(15)13-3-4-14-10(8-13)2-5-20(14,18)19/h9-10H,2-8H2,1H3,(H,16,17). The lowest BCUT2D eigenvalue weighted by Gasteiger charge is -2.36. The molecule has 7 nitrogen and oxygen atoms in total. The van der Waals surface area contributed by atoms with E-state index in [1.54, 1.807) is 11.8 Å². The van der Waals surface area contributed by atoms with Crippen molar-refractivity contribution in [3.05, 3.63) is 0 Å². The van der Waals surface area contributed by atoms with Crippen molar-refractivity contribution in [1.29, 1.82) is 0 Å². The first-order valence-corrected chi connectivity index (χ1v) is 8.39. The number of rotatable bonds is 4. The molecule has 2 unspecified atom stereocenters. The van der Waals surface area contributed by atoms with E-state index >= 15 is 0 Å². The molecule has 0 bridgehead atoms. The second-order valence-electron chi connectivity index (χ2n) is 5.62. The summed E-state index contributed by atoms with van der Waals surface area (Å²) in [5.74, 6) is -1.03. The number of piperazine rings is 1. The molecule has 0 aliphatic carbocycles. The van der Waals surface area contributed by atoms with Crippen molar-refractivity contribution in [3.8, 4) is 0 Å². The highest BCUT2D eigenvalue weighted by molar-refractivity contribution is 7.89. The van der Waals surface area contributed by atoms with Gasteiger partial charge in [0.1, 0.15) is 0 Å². The molecule has 0 radical (unpaired) electrons. The van der Waals surface area contributed by atoms with Crippen LogP contribution in [0.2, 0.25) is 0 Å². The zero-order valence-corrected chi connectivity index (χ0v) is 12.3. The fourth-order valence-corrected chi connectivity index (χ4v) is 4.66. The number of carboxylic acid groups (broad SMARTS) is 1. The van der Waals surface area contributed by atoms with Crippen LogP contribution in [0.4, 0.5) is 0 Å². The Hall–Kier alpha value is -1.15. The summed E-state index contributed by atoms with van der Waals surface area (Å²) >= 11 is 0. The van der Waals surface area contributed by atoms with Gasteiger partial charge in [-0.3, -0.25) is 9.59 Å². The highest BCUT2D eigenvalue weighted by Crippen LogP contribution is 2.25. The third kappa shape index (κ3) is 3.29. The fourth-order valence-electron chi connectivity index (χ4n) is 2.87. The van der Waals surface area contributed by atoms with E-state index in [1.807, 2.05) is 0 Å². The van der Waals surface area contributed by atoms with Crippen LogP contribution in [-0.2, 0) is 19.6 Å². The zero-order chi connectivity index (χ0) is 14.9. The lowest BCUT2D eigenvalue weighted by Crippen LogP contribution is -2.53. The van der Waals surface area contributed by atoms with E-state index in [2.05, 4.69) is 0 Å². The Morgan fingerprint density at radius 1 is 1.30 bits per heavy atom. The summed E-state index contributed by atoms with van der Waals surface area (Å²) in [6, 6.07) is -0.104. The largest absolute Gasteiger partial charge is 0.481 e. The molecule has 0 aromatic rings. The monoisotopic (exact) mass is 304 g/mol. The summed E-state index contributed by atoms with van der Waals surface area (Å²) in [7, 11) is -3.12. The minimum Gasteiger partial charge on any atom is -0.481 e. The van der Waals surface area contributed by atoms with Crippen LogP contribution < -0.4 is 0 Å². The summed E-state index contributed by atoms with van der Waals surface area (Å²) in [6.45, 7) is 2.92. The molecule has 20 heavy (non-hydrogen) atoms. The molecule has 2 atom stereocenters. The molecule has 1 N–H and O–H groups in total. The molecule has 0 saturated carbocycles. The maximum atomic E-state index is 12.1. The molecule has 8 heteroatoms. The number of aliphatic carboxylic acids is 1. The van der Waals surface area contributed by atoms with Crippen LogP contribution in [0, 0.1) is 5.92 Å². The minimum absolute atomic E-state index is 0.0243. The van der Waals surface area contributed by atoms with Crippen LogP contribution >= 0.6 is 0 Å². The van der Waals surface area contributed by atoms with Gasteiger partial charge in [-0.1, -0.05) is 6.92 Å². The lowest BCUT2D eigenvalue weighted by atomic mass is 10.0. The number of carboxylic acids is 1. The van der Waals surface area contributed by atoms with E-state index in [-0.39, 0.29) is 36.5 Å². The summed E-state index contributed by atoms with van der Waals surface area (Å²) in [5, 5.41) is 8.69. The Morgan fingerprint density at radius 3 is 2.65 bits per heavy atom. The maximum Gasteiger partial charge on any atom is 0.303 e. The van der Waals surface area contributed by atoms with Crippen molar-refractivity contribution < 1.29 is 23.1 Å². The molecule has 0 aromatic carbocycles. The Labute approximate surface area is 118 Å².